The Labute approximate surface area is 314 Å². The maximum atomic E-state index is 4.08. The summed E-state index contributed by atoms with van der Waals surface area (Å²) in [6.45, 7) is 13.0. The molecule has 2 nitrogen and oxygen atoms in total. The third kappa shape index (κ3) is 10.3. The molecule has 0 spiro atoms. The lowest BCUT2D eigenvalue weighted by molar-refractivity contribution is 0.571. The molecule has 2 heteroatoms. The number of hydrogen-bond acceptors (Lipinski definition) is 2. The number of aryl methyl sites for hydroxylation is 1. The van der Waals surface area contributed by atoms with Crippen LogP contribution in [0.15, 0.2) is 187 Å². The van der Waals surface area contributed by atoms with Crippen LogP contribution < -0.4 is 9.80 Å². The average Bonchev–Trinajstić information content (AvgIpc) is 3.17. The van der Waals surface area contributed by atoms with Gasteiger partial charge in [0, 0.05) is 52.9 Å². The molecule has 5 rings (SSSR count). The largest absolute Gasteiger partial charge is 0.313 e. The topological polar surface area (TPSA) is 6.48 Å². The van der Waals surface area contributed by atoms with E-state index in [0.29, 0.717) is 18.3 Å². The van der Waals surface area contributed by atoms with E-state index in [1.165, 1.54) is 23.2 Å². The number of para-hydroxylation sites is 2. The van der Waals surface area contributed by atoms with E-state index in [1.54, 1.807) is 0 Å². The van der Waals surface area contributed by atoms with Crippen LogP contribution >= 0.6 is 0 Å². The molecule has 2 atom stereocenters. The van der Waals surface area contributed by atoms with E-state index in [9.17, 15) is 0 Å². The van der Waals surface area contributed by atoms with Gasteiger partial charge in [0.05, 0.1) is 0 Å². The first-order chi connectivity index (χ1) is 25.5. The number of hydrogen-bond donors (Lipinski definition) is 0. The minimum Gasteiger partial charge on any atom is -0.313 e. The van der Waals surface area contributed by atoms with Gasteiger partial charge in [-0.05, 0) is 110 Å². The van der Waals surface area contributed by atoms with Crippen molar-refractivity contribution in [1.29, 1.82) is 0 Å². The second-order valence-corrected chi connectivity index (χ2v) is 13.5. The molecule has 0 N–H and O–H groups in total. The molecule has 0 saturated heterocycles. The second-order valence-electron chi connectivity index (χ2n) is 13.5. The molecule has 2 unspecified atom stereocenters. The van der Waals surface area contributed by atoms with Crippen LogP contribution in [-0.4, -0.2) is 0 Å². The molecule has 3 aromatic rings. The fourth-order valence-corrected chi connectivity index (χ4v) is 6.47. The molecule has 0 saturated carbocycles. The molecule has 0 aromatic heterocycles. The Morgan fingerprint density at radius 1 is 0.942 bits per heavy atom. The highest BCUT2D eigenvalue weighted by Crippen LogP contribution is 2.37. The highest BCUT2D eigenvalue weighted by molar-refractivity contribution is 5.70. The summed E-state index contributed by atoms with van der Waals surface area (Å²) in [5.74, 6) is 7.67. The van der Waals surface area contributed by atoms with E-state index in [4.69, 9.17) is 0 Å². The van der Waals surface area contributed by atoms with Crippen molar-refractivity contribution in [3.05, 3.63) is 198 Å². The molecule has 2 aliphatic rings. The van der Waals surface area contributed by atoms with Crippen LogP contribution in [0, 0.1) is 24.7 Å². The van der Waals surface area contributed by atoms with E-state index in [2.05, 4.69) is 208 Å². The van der Waals surface area contributed by atoms with Crippen LogP contribution in [0.1, 0.15) is 76.3 Å². The van der Waals surface area contributed by atoms with E-state index in [1.807, 2.05) is 6.08 Å². The highest BCUT2D eigenvalue weighted by atomic mass is 15.2. The average molecular weight is 683 g/mol. The standard InChI is InChI=1S/C50H54N2/c1-6-9-23-44(30-21-22-42(8-3)32-31-40(4)7-2)52(47-24-15-11-10-12-16-25-47)49-37-38-50(41(5)39-49)43-33-35-48(36-34-43)51(45-26-17-13-18-27-45)46-28-19-14-20-29-46/h8-9,11,13-15,17-24,26-30,32-33,35-40,43H,3,6-7,10,25,31,34H2,1-2,4-5H3/b15-11-,22-21+,23-9-,42-32+,44-30+,47-24+. The van der Waals surface area contributed by atoms with Crippen molar-refractivity contribution < 1.29 is 0 Å². The van der Waals surface area contributed by atoms with Gasteiger partial charge in [-0.25, -0.2) is 0 Å². The molecule has 264 valence electrons. The molecular formula is C50H54N2. The Balaban J connectivity index is 1.47. The van der Waals surface area contributed by atoms with Gasteiger partial charge >= 0.3 is 0 Å². The number of allylic oxidation sites excluding steroid dienone is 15. The summed E-state index contributed by atoms with van der Waals surface area (Å²) >= 11 is 0. The molecule has 0 amide bonds. The van der Waals surface area contributed by atoms with Crippen molar-refractivity contribution in [3.8, 4) is 11.8 Å². The first-order valence-electron chi connectivity index (χ1n) is 18.9. The zero-order valence-corrected chi connectivity index (χ0v) is 31.5. The predicted molar refractivity (Wildman–Crippen MR) is 227 cm³/mol. The van der Waals surface area contributed by atoms with E-state index in [0.717, 1.165) is 59.7 Å². The number of anilines is 3. The van der Waals surface area contributed by atoms with Crippen molar-refractivity contribution in [1.82, 2.24) is 0 Å². The summed E-state index contributed by atoms with van der Waals surface area (Å²) in [6, 6.07) is 28.2. The van der Waals surface area contributed by atoms with Gasteiger partial charge in [0.15, 0.2) is 0 Å². The van der Waals surface area contributed by atoms with Crippen LogP contribution in [0.2, 0.25) is 0 Å². The SMILES string of the molecule is C=CC(/C=C/C=C(\C=C/CC)N(/C1=C/C=C\CC#CC1)c1ccc(C2C=CC(N(c3ccccc3)c3ccccc3)=CC2)c(C)c1)=C\CC(C)CC. The zero-order valence-electron chi connectivity index (χ0n) is 31.5. The van der Waals surface area contributed by atoms with Gasteiger partial charge in [-0.2, -0.15) is 0 Å². The number of benzene rings is 3. The highest BCUT2D eigenvalue weighted by Gasteiger charge is 2.21. The van der Waals surface area contributed by atoms with Crippen molar-refractivity contribution in [2.75, 3.05) is 9.80 Å². The van der Waals surface area contributed by atoms with Crippen LogP contribution in [0.5, 0.6) is 0 Å². The van der Waals surface area contributed by atoms with Crippen molar-refractivity contribution in [2.45, 2.75) is 72.1 Å². The molecule has 0 fully saturated rings. The first kappa shape index (κ1) is 37.7. The van der Waals surface area contributed by atoms with E-state index < -0.39 is 0 Å². The van der Waals surface area contributed by atoms with Gasteiger partial charge in [-0.15, -0.1) is 0 Å². The molecule has 0 radical (unpaired) electrons. The summed E-state index contributed by atoms with van der Waals surface area (Å²) in [7, 11) is 0. The summed E-state index contributed by atoms with van der Waals surface area (Å²) in [4.78, 5) is 4.71. The molecule has 0 aliphatic heterocycles. The fourth-order valence-electron chi connectivity index (χ4n) is 6.47. The number of rotatable bonds is 15. The molecule has 0 heterocycles. The fraction of sp³-hybridized carbons (Fsp3) is 0.240. The summed E-state index contributed by atoms with van der Waals surface area (Å²) in [6.07, 6.45) is 34.4. The Bertz CT molecular complexity index is 1910. The van der Waals surface area contributed by atoms with Crippen LogP contribution in [0.4, 0.5) is 17.1 Å². The smallest absolute Gasteiger partial charge is 0.0497 e. The summed E-state index contributed by atoms with van der Waals surface area (Å²) in [5, 5.41) is 0. The van der Waals surface area contributed by atoms with Gasteiger partial charge in [0.25, 0.3) is 0 Å². The number of nitrogens with zero attached hydrogens (tertiary/aromatic N) is 2. The normalized spacial score (nSPS) is 18.4. The molecule has 2 aliphatic carbocycles. The Kier molecular flexibility index (Phi) is 14.3. The Hall–Kier alpha value is -5.52. The van der Waals surface area contributed by atoms with Crippen molar-refractivity contribution in [3.63, 3.8) is 0 Å². The lowest BCUT2D eigenvalue weighted by Crippen LogP contribution is -2.21. The van der Waals surface area contributed by atoms with Gasteiger partial charge < -0.3 is 9.80 Å². The lowest BCUT2D eigenvalue weighted by Gasteiger charge is -2.30. The molecule has 3 aromatic carbocycles. The Morgan fingerprint density at radius 2 is 1.69 bits per heavy atom. The van der Waals surface area contributed by atoms with Crippen LogP contribution in [0.3, 0.4) is 0 Å². The van der Waals surface area contributed by atoms with Gasteiger partial charge in [0.1, 0.15) is 0 Å². The van der Waals surface area contributed by atoms with Crippen LogP contribution in [-0.2, 0) is 0 Å². The van der Waals surface area contributed by atoms with Gasteiger partial charge in [0.2, 0.25) is 0 Å². The zero-order chi connectivity index (χ0) is 36.5. The first-order valence-corrected chi connectivity index (χ1v) is 18.9. The third-order valence-corrected chi connectivity index (χ3v) is 9.63. The van der Waals surface area contributed by atoms with Crippen LogP contribution in [0.25, 0.3) is 0 Å². The molecule has 0 bridgehead atoms. The quantitative estimate of drug-likeness (QED) is 0.116. The predicted octanol–water partition coefficient (Wildman–Crippen LogP) is 13.8. The Morgan fingerprint density at radius 3 is 2.33 bits per heavy atom. The van der Waals surface area contributed by atoms with E-state index >= 15 is 0 Å². The summed E-state index contributed by atoms with van der Waals surface area (Å²) in [5.41, 5.74) is 10.7. The maximum absolute atomic E-state index is 4.08. The monoisotopic (exact) mass is 682 g/mol. The maximum Gasteiger partial charge on any atom is 0.0497 e. The summed E-state index contributed by atoms with van der Waals surface area (Å²) < 4.78 is 0. The minimum atomic E-state index is 0.298. The van der Waals surface area contributed by atoms with E-state index in [-0.39, 0.29) is 0 Å². The minimum absolute atomic E-state index is 0.298. The second kappa shape index (κ2) is 19.8. The third-order valence-electron chi connectivity index (χ3n) is 9.63. The van der Waals surface area contributed by atoms with Crippen molar-refractivity contribution >= 4 is 17.1 Å². The van der Waals surface area contributed by atoms with Gasteiger partial charge in [-0.1, -0.05) is 143 Å². The lowest BCUT2D eigenvalue weighted by atomic mass is 9.88. The molecular weight excluding hydrogens is 629 g/mol. The van der Waals surface area contributed by atoms with Gasteiger partial charge in [-0.3, -0.25) is 0 Å². The van der Waals surface area contributed by atoms with Crippen molar-refractivity contribution in [2.24, 2.45) is 5.92 Å². The molecule has 52 heavy (non-hydrogen) atoms.